The van der Waals surface area contributed by atoms with Gasteiger partial charge in [0.1, 0.15) is 16.0 Å². The Balaban J connectivity index is 2.33. The Hall–Kier alpha value is -1.27. The van der Waals surface area contributed by atoms with E-state index in [1.165, 1.54) is 0 Å². The van der Waals surface area contributed by atoms with Gasteiger partial charge in [0.05, 0.1) is 14.2 Å². The fourth-order valence-corrected chi connectivity index (χ4v) is 3.31. The number of ether oxygens (including phenoxy) is 2. The standard InChI is InChI=1S/C16H23BrN2O3/c1-4-7-19(12-5-6-18-10-12)16(20)11-8-13(21-2)15(17)14(9-11)22-3/h8-9,12,18H,4-7,10H2,1-3H3. The number of benzene rings is 1. The zero-order chi connectivity index (χ0) is 16.1. The van der Waals surface area contributed by atoms with Crippen molar-refractivity contribution in [1.29, 1.82) is 0 Å². The van der Waals surface area contributed by atoms with Crippen LogP contribution in [0, 0.1) is 0 Å². The Kier molecular flexibility index (Phi) is 6.08. The maximum absolute atomic E-state index is 12.9. The van der Waals surface area contributed by atoms with Gasteiger partial charge in [0.25, 0.3) is 5.91 Å². The van der Waals surface area contributed by atoms with Crippen LogP contribution in [-0.2, 0) is 0 Å². The molecule has 1 fully saturated rings. The van der Waals surface area contributed by atoms with E-state index in [0.717, 1.165) is 36.9 Å². The average Bonchev–Trinajstić information content (AvgIpc) is 3.06. The van der Waals surface area contributed by atoms with Gasteiger partial charge in [0.15, 0.2) is 0 Å². The molecule has 1 aliphatic rings. The Labute approximate surface area is 140 Å². The van der Waals surface area contributed by atoms with Gasteiger partial charge in [-0.1, -0.05) is 6.92 Å². The number of amides is 1. The molecule has 1 atom stereocenters. The third-order valence-electron chi connectivity index (χ3n) is 3.89. The van der Waals surface area contributed by atoms with Crippen molar-refractivity contribution in [2.45, 2.75) is 25.8 Å². The van der Waals surface area contributed by atoms with Crippen molar-refractivity contribution in [3.63, 3.8) is 0 Å². The van der Waals surface area contributed by atoms with Gasteiger partial charge in [-0.15, -0.1) is 0 Å². The van der Waals surface area contributed by atoms with Crippen LogP contribution in [0.15, 0.2) is 16.6 Å². The lowest BCUT2D eigenvalue weighted by molar-refractivity contribution is 0.0691. The molecule has 1 aromatic carbocycles. The first-order valence-electron chi connectivity index (χ1n) is 7.55. The molecule has 1 amide bonds. The largest absolute Gasteiger partial charge is 0.495 e. The SMILES string of the molecule is CCCN(C(=O)c1cc(OC)c(Br)c(OC)c1)C1CCNC1. The third kappa shape index (κ3) is 3.55. The number of hydrogen-bond acceptors (Lipinski definition) is 4. The minimum absolute atomic E-state index is 0.0275. The number of carbonyl (C=O) groups excluding carboxylic acids is 1. The Morgan fingerprint density at radius 3 is 2.45 bits per heavy atom. The molecular weight excluding hydrogens is 348 g/mol. The Morgan fingerprint density at radius 2 is 2.00 bits per heavy atom. The summed E-state index contributed by atoms with van der Waals surface area (Å²) in [6, 6.07) is 3.79. The van der Waals surface area contributed by atoms with E-state index in [9.17, 15) is 4.79 Å². The van der Waals surface area contributed by atoms with Crippen LogP contribution in [0.5, 0.6) is 11.5 Å². The summed E-state index contributed by atoms with van der Waals surface area (Å²) < 4.78 is 11.4. The molecule has 1 unspecified atom stereocenters. The minimum atomic E-state index is 0.0275. The first-order chi connectivity index (χ1) is 10.6. The third-order valence-corrected chi connectivity index (χ3v) is 4.67. The molecule has 0 aliphatic carbocycles. The van der Waals surface area contributed by atoms with E-state index in [1.54, 1.807) is 26.4 Å². The van der Waals surface area contributed by atoms with Crippen molar-refractivity contribution < 1.29 is 14.3 Å². The number of nitrogens with zero attached hydrogens (tertiary/aromatic N) is 1. The van der Waals surface area contributed by atoms with E-state index in [1.807, 2.05) is 4.90 Å². The zero-order valence-corrected chi connectivity index (χ0v) is 14.9. The Bertz CT molecular complexity index is 505. The second kappa shape index (κ2) is 7.83. The van der Waals surface area contributed by atoms with E-state index >= 15 is 0 Å². The lowest BCUT2D eigenvalue weighted by atomic mass is 10.1. The van der Waals surface area contributed by atoms with Crippen LogP contribution in [0.2, 0.25) is 0 Å². The monoisotopic (exact) mass is 370 g/mol. The number of rotatable bonds is 6. The number of carbonyl (C=O) groups is 1. The van der Waals surface area contributed by atoms with E-state index in [-0.39, 0.29) is 11.9 Å². The van der Waals surface area contributed by atoms with Crippen LogP contribution in [0.4, 0.5) is 0 Å². The summed E-state index contributed by atoms with van der Waals surface area (Å²) in [5.74, 6) is 1.23. The van der Waals surface area contributed by atoms with Gasteiger partial charge in [0.2, 0.25) is 0 Å². The fraction of sp³-hybridized carbons (Fsp3) is 0.562. The number of halogens is 1. The molecule has 0 aromatic heterocycles. The normalized spacial score (nSPS) is 17.4. The molecular formula is C16H23BrN2O3. The molecule has 1 N–H and O–H groups in total. The van der Waals surface area contributed by atoms with Gasteiger partial charge in [-0.25, -0.2) is 0 Å². The highest BCUT2D eigenvalue weighted by Gasteiger charge is 2.27. The zero-order valence-electron chi connectivity index (χ0n) is 13.3. The summed E-state index contributed by atoms with van der Waals surface area (Å²) in [4.78, 5) is 14.9. The van der Waals surface area contributed by atoms with Crippen molar-refractivity contribution in [2.75, 3.05) is 33.9 Å². The molecule has 1 saturated heterocycles. The molecule has 22 heavy (non-hydrogen) atoms. The van der Waals surface area contributed by atoms with Crippen molar-refractivity contribution in [3.05, 3.63) is 22.2 Å². The molecule has 0 saturated carbocycles. The molecule has 1 heterocycles. The maximum Gasteiger partial charge on any atom is 0.254 e. The van der Waals surface area contributed by atoms with Gasteiger partial charge in [-0.05, 0) is 47.4 Å². The van der Waals surface area contributed by atoms with E-state index in [2.05, 4.69) is 28.2 Å². The van der Waals surface area contributed by atoms with Crippen LogP contribution in [0.3, 0.4) is 0 Å². The lowest BCUT2D eigenvalue weighted by Crippen LogP contribution is -2.42. The summed E-state index contributed by atoms with van der Waals surface area (Å²) in [5, 5.41) is 3.32. The lowest BCUT2D eigenvalue weighted by Gasteiger charge is -2.28. The van der Waals surface area contributed by atoms with Gasteiger partial charge >= 0.3 is 0 Å². The quantitative estimate of drug-likeness (QED) is 0.836. The topological polar surface area (TPSA) is 50.8 Å². The summed E-state index contributed by atoms with van der Waals surface area (Å²) >= 11 is 3.43. The van der Waals surface area contributed by atoms with Crippen LogP contribution in [-0.4, -0.2) is 50.7 Å². The molecule has 0 bridgehead atoms. The maximum atomic E-state index is 12.9. The van der Waals surface area contributed by atoms with Crippen molar-refractivity contribution in [1.82, 2.24) is 10.2 Å². The predicted octanol–water partition coefficient (Wildman–Crippen LogP) is 2.68. The van der Waals surface area contributed by atoms with Crippen LogP contribution in [0.25, 0.3) is 0 Å². The molecule has 0 radical (unpaired) electrons. The molecule has 122 valence electrons. The van der Waals surface area contributed by atoms with Gasteiger partial charge in [-0.2, -0.15) is 0 Å². The van der Waals surface area contributed by atoms with Crippen LogP contribution >= 0.6 is 15.9 Å². The first kappa shape index (κ1) is 17.1. The summed E-state index contributed by atoms with van der Waals surface area (Å²) in [6.45, 7) is 4.67. The van der Waals surface area contributed by atoms with Gasteiger partial charge < -0.3 is 19.7 Å². The van der Waals surface area contributed by atoms with Crippen LogP contribution < -0.4 is 14.8 Å². The molecule has 2 rings (SSSR count). The highest BCUT2D eigenvalue weighted by atomic mass is 79.9. The second-order valence-electron chi connectivity index (χ2n) is 5.34. The van der Waals surface area contributed by atoms with Crippen molar-refractivity contribution in [3.8, 4) is 11.5 Å². The highest BCUT2D eigenvalue weighted by Crippen LogP contribution is 2.36. The van der Waals surface area contributed by atoms with Gasteiger partial charge in [-0.3, -0.25) is 4.79 Å². The smallest absolute Gasteiger partial charge is 0.254 e. The summed E-state index contributed by atoms with van der Waals surface area (Å²) in [6.07, 6.45) is 1.93. The van der Waals surface area contributed by atoms with Crippen molar-refractivity contribution in [2.24, 2.45) is 0 Å². The van der Waals surface area contributed by atoms with Gasteiger partial charge in [0, 0.05) is 24.7 Å². The molecule has 1 aliphatic heterocycles. The second-order valence-corrected chi connectivity index (χ2v) is 6.13. The van der Waals surface area contributed by atoms with E-state index < -0.39 is 0 Å². The van der Waals surface area contributed by atoms with Crippen molar-refractivity contribution >= 4 is 21.8 Å². The van der Waals surface area contributed by atoms with E-state index in [0.29, 0.717) is 17.1 Å². The fourth-order valence-electron chi connectivity index (χ4n) is 2.75. The number of nitrogens with one attached hydrogen (secondary N) is 1. The molecule has 1 aromatic rings. The van der Waals surface area contributed by atoms with Crippen LogP contribution in [0.1, 0.15) is 30.1 Å². The molecule has 5 nitrogen and oxygen atoms in total. The number of hydrogen-bond donors (Lipinski definition) is 1. The highest BCUT2D eigenvalue weighted by molar-refractivity contribution is 9.10. The number of methoxy groups -OCH3 is 2. The predicted molar refractivity (Wildman–Crippen MR) is 89.8 cm³/mol. The molecule has 6 heteroatoms. The summed E-state index contributed by atoms with van der Waals surface area (Å²) in [5.41, 5.74) is 0.595. The Morgan fingerprint density at radius 1 is 1.36 bits per heavy atom. The average molecular weight is 371 g/mol. The molecule has 0 spiro atoms. The minimum Gasteiger partial charge on any atom is -0.495 e. The first-order valence-corrected chi connectivity index (χ1v) is 8.34. The summed E-state index contributed by atoms with van der Waals surface area (Å²) in [7, 11) is 3.16. The van der Waals surface area contributed by atoms with E-state index in [4.69, 9.17) is 9.47 Å².